The third-order valence-corrected chi connectivity index (χ3v) is 3.09. The average Bonchev–Trinajstić information content (AvgIpc) is 2.42. The van der Waals surface area contributed by atoms with E-state index in [2.05, 4.69) is 21.2 Å². The Hall–Kier alpha value is -2.13. The molecule has 0 heterocycles. The summed E-state index contributed by atoms with van der Waals surface area (Å²) in [5, 5.41) is 11.3. The zero-order valence-electron chi connectivity index (χ0n) is 10.4. The zero-order valence-corrected chi connectivity index (χ0v) is 12.0. The summed E-state index contributed by atoms with van der Waals surface area (Å²) in [5.74, 6) is -1.25. The van der Waals surface area contributed by atoms with E-state index in [1.807, 2.05) is 0 Å². The molecule has 0 fully saturated rings. The molecule has 0 saturated heterocycles. The van der Waals surface area contributed by atoms with Gasteiger partial charge in [-0.3, -0.25) is 0 Å². The van der Waals surface area contributed by atoms with Crippen LogP contribution in [0.25, 0.3) is 0 Å². The summed E-state index contributed by atoms with van der Waals surface area (Å²) < 4.78 is 33.5. The molecule has 0 amide bonds. The van der Waals surface area contributed by atoms with Crippen LogP contribution in [-0.4, -0.2) is 7.11 Å². The van der Waals surface area contributed by atoms with Crippen molar-refractivity contribution < 1.29 is 13.5 Å². The van der Waals surface area contributed by atoms with Crippen molar-refractivity contribution in [2.45, 2.75) is 0 Å². The number of benzene rings is 2. The number of hydrogen-bond acceptors (Lipinski definition) is 3. The van der Waals surface area contributed by atoms with E-state index in [0.717, 1.165) is 16.6 Å². The highest BCUT2D eigenvalue weighted by molar-refractivity contribution is 9.10. The molecule has 0 saturated carbocycles. The molecule has 0 aliphatic heterocycles. The molecule has 0 aromatic heterocycles. The van der Waals surface area contributed by atoms with E-state index in [1.165, 1.54) is 7.11 Å². The van der Waals surface area contributed by atoms with Crippen molar-refractivity contribution in [2.24, 2.45) is 0 Å². The minimum Gasteiger partial charge on any atom is -0.495 e. The van der Waals surface area contributed by atoms with Crippen LogP contribution in [0, 0.1) is 23.0 Å². The molecule has 0 radical (unpaired) electrons. The summed E-state index contributed by atoms with van der Waals surface area (Å²) in [6.45, 7) is 0. The first-order chi connectivity index (χ1) is 9.55. The smallest absolute Gasteiger partial charge is 0.150 e. The SMILES string of the molecule is COc1ccc(Br)cc1Nc1c(F)cc(C#N)cc1F. The summed E-state index contributed by atoms with van der Waals surface area (Å²) >= 11 is 3.27. The van der Waals surface area contributed by atoms with Crippen molar-refractivity contribution in [1.29, 1.82) is 5.26 Å². The number of nitrogens with zero attached hydrogens (tertiary/aromatic N) is 1. The van der Waals surface area contributed by atoms with Crippen molar-refractivity contribution in [1.82, 2.24) is 0 Å². The van der Waals surface area contributed by atoms with Gasteiger partial charge >= 0.3 is 0 Å². The first-order valence-electron chi connectivity index (χ1n) is 5.55. The molecule has 102 valence electrons. The standard InChI is InChI=1S/C14H9BrF2N2O/c1-20-13-3-2-9(15)6-12(13)19-14-10(16)4-8(7-18)5-11(14)17/h2-6,19H,1H3. The monoisotopic (exact) mass is 338 g/mol. The number of nitrogens with one attached hydrogen (secondary N) is 1. The largest absolute Gasteiger partial charge is 0.495 e. The number of halogens is 3. The lowest BCUT2D eigenvalue weighted by atomic mass is 10.2. The number of hydrogen-bond donors (Lipinski definition) is 1. The molecule has 20 heavy (non-hydrogen) atoms. The summed E-state index contributed by atoms with van der Waals surface area (Å²) in [5.41, 5.74) is -0.00320. The molecule has 0 atom stereocenters. The van der Waals surface area contributed by atoms with Crippen LogP contribution in [0.4, 0.5) is 20.2 Å². The van der Waals surface area contributed by atoms with Gasteiger partial charge in [-0.05, 0) is 30.3 Å². The highest BCUT2D eigenvalue weighted by Crippen LogP contribution is 2.32. The lowest BCUT2D eigenvalue weighted by Gasteiger charge is -2.13. The quantitative estimate of drug-likeness (QED) is 0.904. The minimum absolute atomic E-state index is 0.0771. The second-order valence-corrected chi connectivity index (χ2v) is 4.81. The molecule has 2 rings (SSSR count). The predicted molar refractivity (Wildman–Crippen MR) is 75.0 cm³/mol. The lowest BCUT2D eigenvalue weighted by molar-refractivity contribution is 0.416. The fourth-order valence-electron chi connectivity index (χ4n) is 1.67. The van der Waals surface area contributed by atoms with E-state index < -0.39 is 11.6 Å². The fraction of sp³-hybridized carbons (Fsp3) is 0.0714. The van der Waals surface area contributed by atoms with Gasteiger partial charge in [-0.2, -0.15) is 5.26 Å². The van der Waals surface area contributed by atoms with Gasteiger partial charge in [0.15, 0.2) is 11.6 Å². The Morgan fingerprint density at radius 2 is 1.85 bits per heavy atom. The third kappa shape index (κ3) is 2.89. The first kappa shape index (κ1) is 14.3. The van der Waals surface area contributed by atoms with Crippen LogP contribution in [0.2, 0.25) is 0 Å². The number of ether oxygens (including phenoxy) is 1. The molecule has 0 spiro atoms. The molecule has 1 N–H and O–H groups in total. The second-order valence-electron chi connectivity index (χ2n) is 3.90. The minimum atomic E-state index is -0.844. The van der Waals surface area contributed by atoms with Gasteiger partial charge in [0.25, 0.3) is 0 Å². The fourth-order valence-corrected chi connectivity index (χ4v) is 2.03. The number of methoxy groups -OCH3 is 1. The zero-order chi connectivity index (χ0) is 14.7. The molecule has 6 heteroatoms. The summed E-state index contributed by atoms with van der Waals surface area (Å²) in [4.78, 5) is 0. The highest BCUT2D eigenvalue weighted by atomic mass is 79.9. The Morgan fingerprint density at radius 1 is 1.20 bits per heavy atom. The number of nitriles is 1. The molecule has 3 nitrogen and oxygen atoms in total. The lowest BCUT2D eigenvalue weighted by Crippen LogP contribution is -2.00. The van der Waals surface area contributed by atoms with Crippen molar-refractivity contribution >= 4 is 27.3 Å². The van der Waals surface area contributed by atoms with E-state index in [9.17, 15) is 8.78 Å². The van der Waals surface area contributed by atoms with Crippen molar-refractivity contribution in [3.05, 3.63) is 52.0 Å². The Balaban J connectivity index is 2.45. The molecular formula is C14H9BrF2N2O. The van der Waals surface area contributed by atoms with Gasteiger partial charge in [0, 0.05) is 4.47 Å². The van der Waals surface area contributed by atoms with Crippen LogP contribution < -0.4 is 10.1 Å². The topological polar surface area (TPSA) is 45.0 Å². The molecule has 2 aromatic carbocycles. The molecule has 0 unspecified atom stereocenters. The Kier molecular flexibility index (Phi) is 4.20. The number of anilines is 2. The van der Waals surface area contributed by atoms with Gasteiger partial charge in [0.05, 0.1) is 24.4 Å². The van der Waals surface area contributed by atoms with Crippen LogP contribution >= 0.6 is 15.9 Å². The summed E-state index contributed by atoms with van der Waals surface area (Å²) in [6.07, 6.45) is 0. The molecule has 0 aliphatic rings. The van der Waals surface area contributed by atoms with Gasteiger partial charge in [-0.15, -0.1) is 0 Å². The first-order valence-corrected chi connectivity index (χ1v) is 6.34. The van der Waals surface area contributed by atoms with Gasteiger partial charge < -0.3 is 10.1 Å². The Morgan fingerprint density at radius 3 is 2.40 bits per heavy atom. The van der Waals surface area contributed by atoms with Gasteiger partial charge in [-0.25, -0.2) is 8.78 Å². The maximum Gasteiger partial charge on any atom is 0.150 e. The van der Waals surface area contributed by atoms with E-state index in [-0.39, 0.29) is 11.3 Å². The van der Waals surface area contributed by atoms with Crippen LogP contribution in [0.15, 0.2) is 34.8 Å². The second kappa shape index (κ2) is 5.88. The van der Waals surface area contributed by atoms with E-state index in [0.29, 0.717) is 11.4 Å². The highest BCUT2D eigenvalue weighted by Gasteiger charge is 2.13. The van der Waals surface area contributed by atoms with E-state index in [4.69, 9.17) is 10.00 Å². The van der Waals surface area contributed by atoms with Crippen LogP contribution in [0.1, 0.15) is 5.56 Å². The van der Waals surface area contributed by atoms with Gasteiger partial charge in [-0.1, -0.05) is 15.9 Å². The molecule has 2 aromatic rings. The normalized spacial score (nSPS) is 9.95. The van der Waals surface area contributed by atoms with Crippen LogP contribution in [0.3, 0.4) is 0 Å². The van der Waals surface area contributed by atoms with Crippen LogP contribution in [0.5, 0.6) is 5.75 Å². The summed E-state index contributed by atoms with van der Waals surface area (Å²) in [6, 6.07) is 8.67. The van der Waals surface area contributed by atoms with Crippen molar-refractivity contribution in [3.63, 3.8) is 0 Å². The van der Waals surface area contributed by atoms with E-state index in [1.54, 1.807) is 24.3 Å². The maximum atomic E-state index is 13.8. The third-order valence-electron chi connectivity index (χ3n) is 2.59. The van der Waals surface area contributed by atoms with Crippen molar-refractivity contribution in [2.75, 3.05) is 12.4 Å². The van der Waals surface area contributed by atoms with Crippen LogP contribution in [-0.2, 0) is 0 Å². The van der Waals surface area contributed by atoms with Gasteiger partial charge in [0.2, 0.25) is 0 Å². The number of rotatable bonds is 3. The molecule has 0 bridgehead atoms. The van der Waals surface area contributed by atoms with Gasteiger partial charge in [0.1, 0.15) is 11.4 Å². The average molecular weight is 339 g/mol. The predicted octanol–water partition coefficient (Wildman–Crippen LogP) is 4.35. The molecule has 0 aliphatic carbocycles. The van der Waals surface area contributed by atoms with E-state index >= 15 is 0 Å². The Labute approximate surface area is 122 Å². The summed E-state index contributed by atoms with van der Waals surface area (Å²) in [7, 11) is 1.46. The Bertz CT molecular complexity index is 675. The molecular weight excluding hydrogens is 330 g/mol. The maximum absolute atomic E-state index is 13.8. The van der Waals surface area contributed by atoms with Crippen molar-refractivity contribution in [3.8, 4) is 11.8 Å².